The number of rotatable bonds is 6. The minimum atomic E-state index is -0.624. The summed E-state index contributed by atoms with van der Waals surface area (Å²) in [6.07, 6.45) is -0.684. The van der Waals surface area contributed by atoms with Crippen molar-refractivity contribution in [2.75, 3.05) is 13.2 Å². The minimum absolute atomic E-state index is 0.0308. The van der Waals surface area contributed by atoms with Crippen LogP contribution >= 0.6 is 22.6 Å². The van der Waals surface area contributed by atoms with Crippen molar-refractivity contribution in [3.05, 3.63) is 35.9 Å². The molecule has 0 unspecified atom stereocenters. The number of benzene rings is 1. The first-order valence-electron chi connectivity index (χ1n) is 7.88. The van der Waals surface area contributed by atoms with Gasteiger partial charge >= 0.3 is 0 Å². The van der Waals surface area contributed by atoms with Crippen LogP contribution in [0.3, 0.4) is 0 Å². The van der Waals surface area contributed by atoms with E-state index in [1.165, 1.54) is 0 Å². The number of aliphatic hydroxyl groups is 1. The van der Waals surface area contributed by atoms with E-state index in [-0.39, 0.29) is 34.9 Å². The van der Waals surface area contributed by atoms with Gasteiger partial charge in [-0.25, -0.2) is 0 Å². The lowest BCUT2D eigenvalue weighted by Crippen LogP contribution is -2.37. The van der Waals surface area contributed by atoms with Crippen molar-refractivity contribution in [1.82, 2.24) is 0 Å². The molecule has 5 nitrogen and oxygen atoms in total. The summed E-state index contributed by atoms with van der Waals surface area (Å²) in [5.74, 6) is -0.624. The highest BCUT2D eigenvalue weighted by Gasteiger charge is 2.56. The molecule has 6 heteroatoms. The molecule has 3 rings (SSSR count). The monoisotopic (exact) mass is 434 g/mol. The zero-order chi connectivity index (χ0) is 16.4. The molecule has 0 saturated carbocycles. The van der Waals surface area contributed by atoms with Crippen LogP contribution in [-0.4, -0.2) is 52.4 Å². The Morgan fingerprint density at radius 3 is 2.61 bits per heavy atom. The van der Waals surface area contributed by atoms with Gasteiger partial charge in [0, 0.05) is 0 Å². The second-order valence-electron chi connectivity index (χ2n) is 6.40. The third-order valence-corrected chi connectivity index (χ3v) is 5.21. The molecule has 2 saturated heterocycles. The van der Waals surface area contributed by atoms with E-state index in [4.69, 9.17) is 18.9 Å². The van der Waals surface area contributed by atoms with Crippen molar-refractivity contribution >= 4 is 22.6 Å². The lowest BCUT2D eigenvalue weighted by atomic mass is 10.1. The van der Waals surface area contributed by atoms with E-state index >= 15 is 0 Å². The average molecular weight is 434 g/mol. The van der Waals surface area contributed by atoms with Crippen LogP contribution < -0.4 is 0 Å². The van der Waals surface area contributed by atoms with Crippen molar-refractivity contribution in [3.63, 3.8) is 0 Å². The normalized spacial score (nSPS) is 33.6. The second kappa shape index (κ2) is 7.33. The van der Waals surface area contributed by atoms with E-state index in [1.807, 2.05) is 44.2 Å². The molecule has 2 aliphatic heterocycles. The van der Waals surface area contributed by atoms with Gasteiger partial charge in [-0.3, -0.25) is 0 Å². The topological polar surface area (TPSA) is 57.2 Å². The molecular formula is C17H23IO5. The van der Waals surface area contributed by atoms with Gasteiger partial charge in [-0.15, -0.1) is 0 Å². The zero-order valence-corrected chi connectivity index (χ0v) is 15.5. The molecular weight excluding hydrogens is 411 g/mol. The van der Waals surface area contributed by atoms with Gasteiger partial charge in [0.25, 0.3) is 0 Å². The van der Waals surface area contributed by atoms with Gasteiger partial charge in [0.05, 0.1) is 23.7 Å². The molecule has 128 valence electrons. The molecule has 0 aromatic heterocycles. The van der Waals surface area contributed by atoms with E-state index in [9.17, 15) is 5.11 Å². The summed E-state index contributed by atoms with van der Waals surface area (Å²) in [4.78, 5) is 0. The van der Waals surface area contributed by atoms with Crippen LogP contribution in [-0.2, 0) is 25.6 Å². The Hall–Kier alpha value is -0.250. The Morgan fingerprint density at radius 2 is 1.91 bits per heavy atom. The van der Waals surface area contributed by atoms with Crippen LogP contribution in [0.1, 0.15) is 19.4 Å². The zero-order valence-electron chi connectivity index (χ0n) is 13.4. The first-order valence-corrected chi connectivity index (χ1v) is 9.12. The van der Waals surface area contributed by atoms with Crippen molar-refractivity contribution in [2.45, 2.75) is 54.6 Å². The summed E-state index contributed by atoms with van der Waals surface area (Å²) in [6.45, 7) is 4.86. The Bertz CT molecular complexity index is 509. The summed E-state index contributed by atoms with van der Waals surface area (Å²) in [5.41, 5.74) is 1.13. The smallest absolute Gasteiger partial charge is 0.164 e. The van der Waals surface area contributed by atoms with E-state index in [1.54, 1.807) is 0 Å². The maximum absolute atomic E-state index is 9.44. The van der Waals surface area contributed by atoms with E-state index in [2.05, 4.69) is 22.6 Å². The van der Waals surface area contributed by atoms with Gasteiger partial charge in [0.2, 0.25) is 0 Å². The Morgan fingerprint density at radius 1 is 1.22 bits per heavy atom. The fourth-order valence-corrected chi connectivity index (χ4v) is 3.69. The maximum atomic E-state index is 9.44. The van der Waals surface area contributed by atoms with Crippen LogP contribution in [0.15, 0.2) is 30.3 Å². The summed E-state index contributed by atoms with van der Waals surface area (Å²) in [7, 11) is 0. The molecule has 0 aliphatic carbocycles. The number of ether oxygens (including phenoxy) is 4. The van der Waals surface area contributed by atoms with Crippen molar-refractivity contribution in [3.8, 4) is 0 Å². The molecule has 1 N–H and O–H groups in total. The fraction of sp³-hybridized carbons (Fsp3) is 0.647. The van der Waals surface area contributed by atoms with Crippen molar-refractivity contribution in [1.29, 1.82) is 0 Å². The fourth-order valence-electron chi connectivity index (χ4n) is 3.11. The number of hydrogen-bond acceptors (Lipinski definition) is 5. The Labute approximate surface area is 150 Å². The molecule has 0 bridgehead atoms. The van der Waals surface area contributed by atoms with Crippen LogP contribution in [0, 0.1) is 0 Å². The summed E-state index contributed by atoms with van der Waals surface area (Å²) in [5, 5.41) is 9.44. The van der Waals surface area contributed by atoms with E-state index in [0.29, 0.717) is 13.2 Å². The minimum Gasteiger partial charge on any atom is -0.395 e. The van der Waals surface area contributed by atoms with Gasteiger partial charge in [-0.1, -0.05) is 52.9 Å². The molecule has 1 aromatic carbocycles. The van der Waals surface area contributed by atoms with Gasteiger partial charge in [-0.05, 0) is 19.4 Å². The van der Waals surface area contributed by atoms with Crippen molar-refractivity contribution in [2.24, 2.45) is 0 Å². The van der Waals surface area contributed by atoms with Gasteiger partial charge < -0.3 is 24.1 Å². The highest BCUT2D eigenvalue weighted by Crippen LogP contribution is 2.41. The summed E-state index contributed by atoms with van der Waals surface area (Å²) in [6, 6.07) is 10.0. The van der Waals surface area contributed by atoms with E-state index < -0.39 is 5.79 Å². The van der Waals surface area contributed by atoms with Gasteiger partial charge in [0.15, 0.2) is 5.79 Å². The molecule has 2 heterocycles. The van der Waals surface area contributed by atoms with Crippen molar-refractivity contribution < 1.29 is 24.1 Å². The first-order chi connectivity index (χ1) is 11.0. The quantitative estimate of drug-likeness (QED) is 0.550. The Balaban J connectivity index is 1.60. The second-order valence-corrected chi connectivity index (χ2v) is 8.00. The first kappa shape index (κ1) is 17.6. The number of fused-ring (bicyclic) bond motifs is 1. The van der Waals surface area contributed by atoms with Crippen LogP contribution in [0.5, 0.6) is 0 Å². The molecule has 0 amide bonds. The largest absolute Gasteiger partial charge is 0.395 e. The molecule has 23 heavy (non-hydrogen) atoms. The number of alkyl halides is 1. The van der Waals surface area contributed by atoms with Gasteiger partial charge in [0.1, 0.15) is 24.4 Å². The molecule has 2 aliphatic rings. The number of halogens is 1. The third kappa shape index (κ3) is 4.05. The molecule has 1 aromatic rings. The molecule has 2 fully saturated rings. The van der Waals surface area contributed by atoms with Crippen LogP contribution in [0.2, 0.25) is 0 Å². The summed E-state index contributed by atoms with van der Waals surface area (Å²) < 4.78 is 23.8. The number of hydrogen-bond donors (Lipinski definition) is 1. The highest BCUT2D eigenvalue weighted by molar-refractivity contribution is 14.1. The lowest BCUT2D eigenvalue weighted by molar-refractivity contribution is -0.192. The maximum Gasteiger partial charge on any atom is 0.164 e. The molecule has 0 spiro atoms. The number of aliphatic hydroxyl groups excluding tert-OH is 1. The lowest BCUT2D eigenvalue weighted by Gasteiger charge is -2.25. The predicted octanol–water partition coefficient (Wildman–Crippen LogP) is 2.29. The van der Waals surface area contributed by atoms with Crippen LogP contribution in [0.25, 0.3) is 0 Å². The highest BCUT2D eigenvalue weighted by atomic mass is 127. The standard InChI is InChI=1S/C17H23IO5/c1-17(2)22-15-13(10-20-9-11-6-4-3-5-7-11)21-14(12(18)8-19)16(15)23-17/h3-7,12-16,19H,8-10H2,1-2H3/t12-,13-,14-,15-,16+/m1/s1. The average Bonchev–Trinajstić information content (AvgIpc) is 3.01. The summed E-state index contributed by atoms with van der Waals surface area (Å²) >= 11 is 2.20. The Kier molecular flexibility index (Phi) is 5.60. The molecule has 0 radical (unpaired) electrons. The predicted molar refractivity (Wildman–Crippen MR) is 93.5 cm³/mol. The van der Waals surface area contributed by atoms with E-state index in [0.717, 1.165) is 5.56 Å². The SMILES string of the molecule is CC1(C)O[C@H]2[C@@H]([C@H](I)CO)O[C@H](COCc3ccccc3)[C@H]2O1. The van der Waals surface area contributed by atoms with Gasteiger partial charge in [-0.2, -0.15) is 0 Å². The van der Waals surface area contributed by atoms with Crippen LogP contribution in [0.4, 0.5) is 0 Å². The third-order valence-electron chi connectivity index (χ3n) is 4.11. The molecule has 5 atom stereocenters.